The maximum atomic E-state index is 14.6. The maximum Gasteiger partial charge on any atom is 0.429 e. The highest BCUT2D eigenvalue weighted by Gasteiger charge is 2.38. The molecule has 0 radical (unpaired) electrons. The number of ether oxygens (including phenoxy) is 2. The van der Waals surface area contributed by atoms with Crippen molar-refractivity contribution in [2.24, 2.45) is 0 Å². The fourth-order valence-electron chi connectivity index (χ4n) is 3.18. The molecule has 0 saturated heterocycles. The molecule has 0 amide bonds. The average Bonchev–Trinajstić information content (AvgIpc) is 2.74. The zero-order valence-corrected chi connectivity index (χ0v) is 17.8. The number of hydrogen-bond acceptors (Lipinski definition) is 2. The molecule has 3 aromatic carbocycles. The highest BCUT2D eigenvalue weighted by atomic mass is 19.3. The van der Waals surface area contributed by atoms with Crippen molar-refractivity contribution < 1.29 is 40.2 Å². The zero-order chi connectivity index (χ0) is 24.9. The molecule has 0 N–H and O–H groups in total. The predicted octanol–water partition coefficient (Wildman–Crippen LogP) is 8.33. The van der Waals surface area contributed by atoms with E-state index in [1.165, 1.54) is 6.07 Å². The van der Waals surface area contributed by atoms with Crippen LogP contribution in [-0.2, 0) is 12.5 Å². The van der Waals surface area contributed by atoms with Crippen LogP contribution in [0.1, 0.15) is 24.5 Å². The van der Waals surface area contributed by atoms with Gasteiger partial charge in [0, 0.05) is 0 Å². The molecule has 3 aromatic rings. The summed E-state index contributed by atoms with van der Waals surface area (Å²) in [5, 5.41) is 0. The van der Waals surface area contributed by atoms with Gasteiger partial charge in [0.1, 0.15) is 17.3 Å². The molecule has 0 heterocycles. The molecule has 0 aliphatic carbocycles. The highest BCUT2D eigenvalue weighted by molar-refractivity contribution is 5.64. The first-order valence-corrected chi connectivity index (χ1v) is 10.2. The van der Waals surface area contributed by atoms with Crippen LogP contribution < -0.4 is 9.47 Å². The summed E-state index contributed by atoms with van der Waals surface area (Å²) >= 11 is 0. The van der Waals surface area contributed by atoms with Crippen molar-refractivity contribution in [1.29, 1.82) is 0 Å². The fraction of sp³-hybridized carbons (Fsp3) is 0.200. The van der Waals surface area contributed by atoms with Gasteiger partial charge in [-0.1, -0.05) is 43.7 Å². The van der Waals surface area contributed by atoms with E-state index in [2.05, 4.69) is 9.47 Å². The molecule has 3 rings (SSSR count). The van der Waals surface area contributed by atoms with Gasteiger partial charge in [-0.05, 0) is 59.5 Å². The van der Waals surface area contributed by atoms with Gasteiger partial charge in [-0.15, -0.1) is 0 Å². The molecule has 180 valence electrons. The Balaban J connectivity index is 1.74. The summed E-state index contributed by atoms with van der Waals surface area (Å²) in [4.78, 5) is 0. The number of hydrogen-bond donors (Lipinski definition) is 0. The number of halogens is 7. The van der Waals surface area contributed by atoms with Gasteiger partial charge >= 0.3 is 12.2 Å². The van der Waals surface area contributed by atoms with Crippen LogP contribution in [-0.4, -0.2) is 6.11 Å². The van der Waals surface area contributed by atoms with Crippen LogP contribution in [0.15, 0.2) is 78.9 Å². The van der Waals surface area contributed by atoms with Crippen LogP contribution in [0.4, 0.5) is 30.7 Å². The van der Waals surface area contributed by atoms with E-state index in [9.17, 15) is 30.7 Å². The summed E-state index contributed by atoms with van der Waals surface area (Å²) in [5.74, 6) is -2.25. The molecule has 34 heavy (non-hydrogen) atoms. The Morgan fingerprint density at radius 1 is 0.794 bits per heavy atom. The van der Waals surface area contributed by atoms with E-state index in [4.69, 9.17) is 0 Å². The second-order valence-corrected chi connectivity index (χ2v) is 7.33. The van der Waals surface area contributed by atoms with Gasteiger partial charge in [-0.2, -0.15) is 26.3 Å². The first-order chi connectivity index (χ1) is 16.0. The molecule has 0 aliphatic heterocycles. The van der Waals surface area contributed by atoms with Crippen molar-refractivity contribution >= 4 is 0 Å². The Labute approximate surface area is 191 Å². The minimum absolute atomic E-state index is 0.404. The number of benzene rings is 3. The maximum absolute atomic E-state index is 14.6. The van der Waals surface area contributed by atoms with Gasteiger partial charge in [-0.25, -0.2) is 4.39 Å². The molecule has 0 bridgehead atoms. The summed E-state index contributed by atoms with van der Waals surface area (Å²) < 4.78 is 103. The monoisotopic (exact) mass is 484 g/mol. The van der Waals surface area contributed by atoms with Crippen LogP contribution in [0, 0.1) is 5.82 Å². The van der Waals surface area contributed by atoms with Crippen molar-refractivity contribution in [2.45, 2.75) is 32.0 Å². The molecule has 0 spiro atoms. The minimum atomic E-state index is -4.30. The molecule has 0 atom stereocenters. The normalized spacial score (nSPS) is 11.8. The number of alkyl halides is 4. The van der Waals surface area contributed by atoms with Gasteiger partial charge in [0.05, 0.1) is 11.6 Å². The average molecular weight is 484 g/mol. The summed E-state index contributed by atoms with van der Waals surface area (Å²) in [5.41, 5.74) is 1.15. The molecule has 0 aromatic heterocycles. The fourth-order valence-corrected chi connectivity index (χ4v) is 3.18. The van der Waals surface area contributed by atoms with Gasteiger partial charge in [0.25, 0.3) is 6.08 Å². The van der Waals surface area contributed by atoms with Crippen molar-refractivity contribution in [3.63, 3.8) is 0 Å². The Morgan fingerprint density at radius 3 is 1.88 bits per heavy atom. The smallest absolute Gasteiger partial charge is 0.429 e. The highest BCUT2D eigenvalue weighted by Crippen LogP contribution is 2.36. The SMILES string of the molecule is CCCc1ccc(-c2ccc(C(F)(F)Oc3ccc(OC(F)(F)C=C(F)F)cc3)c(F)c2)cc1. The quantitative estimate of drug-likeness (QED) is 0.284. The first-order valence-electron chi connectivity index (χ1n) is 10.2. The van der Waals surface area contributed by atoms with Crippen LogP contribution >= 0.6 is 0 Å². The van der Waals surface area contributed by atoms with Crippen LogP contribution in [0.25, 0.3) is 11.1 Å². The lowest BCUT2D eigenvalue weighted by atomic mass is 10.0. The lowest BCUT2D eigenvalue weighted by Gasteiger charge is -2.20. The largest absolute Gasteiger partial charge is 0.429 e. The van der Waals surface area contributed by atoms with Gasteiger partial charge in [0.2, 0.25) is 0 Å². The Morgan fingerprint density at radius 2 is 1.35 bits per heavy atom. The third kappa shape index (κ3) is 6.52. The number of aryl methyl sites for hydroxylation is 1. The van der Waals surface area contributed by atoms with E-state index < -0.39 is 47.3 Å². The van der Waals surface area contributed by atoms with E-state index >= 15 is 0 Å². The Hall–Kier alpha value is -3.49. The predicted molar refractivity (Wildman–Crippen MR) is 113 cm³/mol. The van der Waals surface area contributed by atoms with Gasteiger partial charge in [-0.3, -0.25) is 0 Å². The second-order valence-electron chi connectivity index (χ2n) is 7.33. The van der Waals surface area contributed by atoms with E-state index in [0.29, 0.717) is 11.1 Å². The summed E-state index contributed by atoms with van der Waals surface area (Å²) in [6, 6.07) is 13.9. The summed E-state index contributed by atoms with van der Waals surface area (Å²) in [7, 11) is 0. The lowest BCUT2D eigenvalue weighted by Crippen LogP contribution is -2.23. The van der Waals surface area contributed by atoms with Crippen LogP contribution in [0.2, 0.25) is 0 Å². The lowest BCUT2D eigenvalue weighted by molar-refractivity contribution is -0.187. The minimum Gasteiger partial charge on any atom is -0.429 e. The zero-order valence-electron chi connectivity index (χ0n) is 17.8. The molecular formula is C25H19F7O2. The Kier molecular flexibility index (Phi) is 7.54. The topological polar surface area (TPSA) is 18.5 Å². The first kappa shape index (κ1) is 25.1. The van der Waals surface area contributed by atoms with Gasteiger partial charge in [0.15, 0.2) is 0 Å². The van der Waals surface area contributed by atoms with E-state index in [1.807, 2.05) is 19.1 Å². The van der Waals surface area contributed by atoms with Crippen LogP contribution in [0.5, 0.6) is 11.5 Å². The van der Waals surface area contributed by atoms with Gasteiger partial charge < -0.3 is 9.47 Å². The molecule has 0 fully saturated rings. The molecule has 0 unspecified atom stereocenters. The van der Waals surface area contributed by atoms with E-state index in [-0.39, 0.29) is 0 Å². The standard InChI is InChI=1S/C25H19F7O2/c1-2-3-16-4-6-17(7-5-16)18-8-13-21(22(26)14-18)25(31,32)34-20-11-9-19(10-12-20)33-24(29,30)15-23(27)28/h4-15H,2-3H2,1H3. The molecule has 0 aliphatic rings. The van der Waals surface area contributed by atoms with Crippen LogP contribution in [0.3, 0.4) is 0 Å². The van der Waals surface area contributed by atoms with Crippen molar-refractivity contribution in [1.82, 2.24) is 0 Å². The summed E-state index contributed by atoms with van der Waals surface area (Å²) in [6.45, 7) is 2.04. The number of rotatable bonds is 9. The molecule has 9 heteroatoms. The van der Waals surface area contributed by atoms with Crippen molar-refractivity contribution in [3.8, 4) is 22.6 Å². The van der Waals surface area contributed by atoms with E-state index in [1.54, 1.807) is 12.1 Å². The van der Waals surface area contributed by atoms with Crippen molar-refractivity contribution in [3.05, 3.63) is 95.8 Å². The Bertz CT molecular complexity index is 1140. The third-order valence-electron chi connectivity index (χ3n) is 4.71. The van der Waals surface area contributed by atoms with Crippen molar-refractivity contribution in [2.75, 3.05) is 0 Å². The van der Waals surface area contributed by atoms with E-state index in [0.717, 1.165) is 54.8 Å². The summed E-state index contributed by atoms with van der Waals surface area (Å²) in [6.07, 6.45) is -9.87. The second kappa shape index (κ2) is 10.2. The molecule has 0 saturated carbocycles. The third-order valence-corrected chi connectivity index (χ3v) is 4.71. The molecule has 2 nitrogen and oxygen atoms in total. The molecular weight excluding hydrogens is 465 g/mol.